The summed E-state index contributed by atoms with van der Waals surface area (Å²) < 4.78 is 1.80. The van der Waals surface area contributed by atoms with E-state index in [-0.39, 0.29) is 5.56 Å². The molecule has 0 saturated carbocycles. The maximum Gasteiger partial charge on any atom is 0.264 e. The van der Waals surface area contributed by atoms with Gasteiger partial charge in [0.1, 0.15) is 0 Å². The average molecular weight is 137 g/mol. The highest BCUT2D eigenvalue weighted by atomic mass is 16.1. The molecule has 4 nitrogen and oxygen atoms in total. The third-order valence-corrected chi connectivity index (χ3v) is 1.51. The fourth-order valence-electron chi connectivity index (χ4n) is 1.05. The van der Waals surface area contributed by atoms with Crippen molar-refractivity contribution in [2.45, 2.75) is 6.54 Å². The number of hydrogen-bond acceptors (Lipinski definition) is 2. The number of aromatic nitrogens is 2. The fraction of sp³-hybridized carbons (Fsp3) is 0.333. The van der Waals surface area contributed by atoms with Crippen molar-refractivity contribution in [1.29, 1.82) is 0 Å². The van der Waals surface area contributed by atoms with Gasteiger partial charge in [-0.1, -0.05) is 0 Å². The van der Waals surface area contributed by atoms with E-state index in [1.807, 2.05) is 0 Å². The first-order chi connectivity index (χ1) is 4.86. The molecule has 1 aliphatic heterocycles. The van der Waals surface area contributed by atoms with Crippen molar-refractivity contribution in [3.8, 4) is 0 Å². The van der Waals surface area contributed by atoms with Gasteiger partial charge in [-0.3, -0.25) is 19.6 Å². The molecule has 4 heteroatoms. The van der Waals surface area contributed by atoms with E-state index in [9.17, 15) is 4.79 Å². The van der Waals surface area contributed by atoms with Crippen LogP contribution in [0.4, 0.5) is 0 Å². The zero-order chi connectivity index (χ0) is 6.97. The van der Waals surface area contributed by atoms with Crippen LogP contribution >= 0.6 is 0 Å². The molecule has 0 amide bonds. The summed E-state index contributed by atoms with van der Waals surface area (Å²) in [5.41, 5.74) is 0.819. The molecule has 1 N–H and O–H groups in total. The zero-order valence-electron chi connectivity index (χ0n) is 5.37. The summed E-state index contributed by atoms with van der Waals surface area (Å²) in [4.78, 5) is 14.7. The second kappa shape index (κ2) is 1.83. The molecule has 1 aliphatic rings. The van der Waals surface area contributed by atoms with Crippen molar-refractivity contribution in [2.75, 3.05) is 6.54 Å². The first-order valence-corrected chi connectivity index (χ1v) is 3.16. The maximum absolute atomic E-state index is 10.7. The predicted octanol–water partition coefficient (Wildman–Crippen LogP) is -0.391. The topological polar surface area (TPSA) is 50.1 Å². The van der Waals surface area contributed by atoms with Crippen molar-refractivity contribution in [2.24, 2.45) is 4.99 Å². The molecule has 0 aromatic carbocycles. The monoisotopic (exact) mass is 137 g/mol. The maximum atomic E-state index is 10.7. The molecule has 2 rings (SSSR count). The molecular formula is C6H7N3O. The Hall–Kier alpha value is -1.32. The second-order valence-corrected chi connectivity index (χ2v) is 2.23. The van der Waals surface area contributed by atoms with Crippen LogP contribution in [-0.4, -0.2) is 22.5 Å². The van der Waals surface area contributed by atoms with Crippen molar-refractivity contribution in [3.63, 3.8) is 0 Å². The lowest BCUT2D eigenvalue weighted by Gasteiger charge is -2.06. The third-order valence-electron chi connectivity index (χ3n) is 1.51. The summed E-state index contributed by atoms with van der Waals surface area (Å²) in [5, 5.41) is 2.67. The molecule has 0 atom stereocenters. The standard InChI is InChI=1S/C6H7N3O/c10-6-3-5-4-7-1-2-9(5)8-6/h3-4H,1-2H2,(H,8,10). The van der Waals surface area contributed by atoms with Gasteiger partial charge in [0, 0.05) is 12.3 Å². The van der Waals surface area contributed by atoms with E-state index < -0.39 is 0 Å². The summed E-state index contributed by atoms with van der Waals surface area (Å²) in [6.45, 7) is 1.55. The Balaban J connectivity index is 2.63. The van der Waals surface area contributed by atoms with Gasteiger partial charge in [-0.25, -0.2) is 0 Å². The van der Waals surface area contributed by atoms with Crippen molar-refractivity contribution < 1.29 is 0 Å². The first kappa shape index (κ1) is 5.46. The van der Waals surface area contributed by atoms with E-state index in [1.54, 1.807) is 17.0 Å². The number of hydrogen-bond donors (Lipinski definition) is 1. The zero-order valence-corrected chi connectivity index (χ0v) is 5.37. The van der Waals surface area contributed by atoms with E-state index in [0.717, 1.165) is 18.8 Å². The molecule has 0 radical (unpaired) electrons. The molecule has 0 bridgehead atoms. The van der Waals surface area contributed by atoms with Crippen molar-refractivity contribution >= 4 is 6.21 Å². The van der Waals surface area contributed by atoms with Gasteiger partial charge in [0.05, 0.1) is 18.8 Å². The quantitative estimate of drug-likeness (QED) is 0.520. The fourth-order valence-corrected chi connectivity index (χ4v) is 1.05. The number of aliphatic imine (C=N–C) groups is 1. The molecule has 0 spiro atoms. The Bertz CT molecular complexity index is 320. The smallest absolute Gasteiger partial charge is 0.264 e. The number of nitrogens with one attached hydrogen (secondary N) is 1. The molecule has 0 fully saturated rings. The summed E-state index contributed by atoms with van der Waals surface area (Å²) >= 11 is 0. The Morgan fingerprint density at radius 2 is 2.60 bits per heavy atom. The minimum absolute atomic E-state index is 0.0525. The van der Waals surface area contributed by atoms with E-state index >= 15 is 0 Å². The number of fused-ring (bicyclic) bond motifs is 1. The average Bonchev–Trinajstić information content (AvgIpc) is 2.27. The molecule has 0 unspecified atom stereocenters. The lowest BCUT2D eigenvalue weighted by Crippen LogP contribution is -2.13. The third kappa shape index (κ3) is 0.689. The van der Waals surface area contributed by atoms with Gasteiger partial charge in [-0.05, 0) is 0 Å². The summed E-state index contributed by atoms with van der Waals surface area (Å²) in [6.07, 6.45) is 1.71. The van der Waals surface area contributed by atoms with Crippen LogP contribution in [0.5, 0.6) is 0 Å². The van der Waals surface area contributed by atoms with Crippen LogP contribution < -0.4 is 5.56 Å². The van der Waals surface area contributed by atoms with Gasteiger partial charge in [-0.15, -0.1) is 0 Å². The molecule has 1 aromatic rings. The minimum Gasteiger partial charge on any atom is -0.289 e. The second-order valence-electron chi connectivity index (χ2n) is 2.23. The Kier molecular flexibility index (Phi) is 1.00. The van der Waals surface area contributed by atoms with E-state index in [2.05, 4.69) is 10.1 Å². The van der Waals surface area contributed by atoms with Gasteiger partial charge >= 0.3 is 0 Å². The van der Waals surface area contributed by atoms with E-state index in [4.69, 9.17) is 0 Å². The van der Waals surface area contributed by atoms with Gasteiger partial charge in [-0.2, -0.15) is 0 Å². The number of nitrogens with zero attached hydrogens (tertiary/aromatic N) is 2. The van der Waals surface area contributed by atoms with Crippen molar-refractivity contribution in [1.82, 2.24) is 9.78 Å². The van der Waals surface area contributed by atoms with Crippen LogP contribution in [0.25, 0.3) is 0 Å². The van der Waals surface area contributed by atoms with Crippen LogP contribution in [0.15, 0.2) is 15.9 Å². The lowest BCUT2D eigenvalue weighted by molar-refractivity contribution is 0.606. The van der Waals surface area contributed by atoms with Crippen LogP contribution in [0.3, 0.4) is 0 Å². The van der Waals surface area contributed by atoms with E-state index in [1.165, 1.54) is 0 Å². The Labute approximate surface area is 57.2 Å². The Morgan fingerprint density at radius 3 is 3.40 bits per heavy atom. The lowest BCUT2D eigenvalue weighted by atomic mass is 10.4. The summed E-state index contributed by atoms with van der Waals surface area (Å²) in [6, 6.07) is 1.54. The summed E-state index contributed by atoms with van der Waals surface area (Å²) in [5.74, 6) is 0. The molecule has 0 saturated heterocycles. The normalized spacial score (nSPS) is 15.2. The number of H-pyrrole nitrogens is 1. The molecule has 52 valence electrons. The molecule has 10 heavy (non-hydrogen) atoms. The summed E-state index contributed by atoms with van der Waals surface area (Å²) in [7, 11) is 0. The van der Waals surface area contributed by atoms with E-state index in [0.29, 0.717) is 0 Å². The molecular weight excluding hydrogens is 130 g/mol. The number of aromatic amines is 1. The molecule has 2 heterocycles. The van der Waals surface area contributed by atoms with Crippen molar-refractivity contribution in [3.05, 3.63) is 22.1 Å². The van der Waals surface area contributed by atoms with Gasteiger partial charge in [0.2, 0.25) is 0 Å². The highest BCUT2D eigenvalue weighted by Gasteiger charge is 2.03. The highest BCUT2D eigenvalue weighted by molar-refractivity contribution is 5.77. The van der Waals surface area contributed by atoms with Gasteiger partial charge in [0.25, 0.3) is 5.56 Å². The number of rotatable bonds is 0. The first-order valence-electron chi connectivity index (χ1n) is 3.16. The highest BCUT2D eigenvalue weighted by Crippen LogP contribution is 1.95. The van der Waals surface area contributed by atoms with Gasteiger partial charge in [0.15, 0.2) is 0 Å². The largest absolute Gasteiger partial charge is 0.289 e. The van der Waals surface area contributed by atoms with Crippen LogP contribution in [0.2, 0.25) is 0 Å². The molecule has 0 aliphatic carbocycles. The molecule has 1 aromatic heterocycles. The predicted molar refractivity (Wildman–Crippen MR) is 37.5 cm³/mol. The van der Waals surface area contributed by atoms with Crippen LogP contribution in [0, 0.1) is 0 Å². The van der Waals surface area contributed by atoms with Crippen LogP contribution in [-0.2, 0) is 6.54 Å². The van der Waals surface area contributed by atoms with Gasteiger partial charge < -0.3 is 0 Å². The van der Waals surface area contributed by atoms with Crippen LogP contribution in [0.1, 0.15) is 5.69 Å². The SMILES string of the molecule is O=c1cc2n([nH]1)CCN=C2. The minimum atomic E-state index is -0.0525. The Morgan fingerprint density at radius 1 is 1.70 bits per heavy atom.